The van der Waals surface area contributed by atoms with Crippen LogP contribution in [0.1, 0.15) is 28.3 Å². The third kappa shape index (κ3) is 2.89. The van der Waals surface area contributed by atoms with Gasteiger partial charge in [-0.1, -0.05) is 24.3 Å². The molecule has 2 aromatic carbocycles. The van der Waals surface area contributed by atoms with Gasteiger partial charge in [-0.15, -0.1) is 0 Å². The Labute approximate surface area is 144 Å². The van der Waals surface area contributed by atoms with Crippen LogP contribution in [0, 0.1) is 0 Å². The number of likely N-dealkylation sites (N-methyl/N-ethyl adjacent to an activating group) is 1. The summed E-state index contributed by atoms with van der Waals surface area (Å²) in [6.45, 7) is 1.88. The van der Waals surface area contributed by atoms with Crippen LogP contribution in [0.25, 0.3) is 0 Å². The molecule has 1 unspecified atom stereocenters. The first-order chi connectivity index (χ1) is 12.0. The molecule has 4 rings (SSSR count). The highest BCUT2D eigenvalue weighted by Crippen LogP contribution is 2.43. The predicted octanol–water partition coefficient (Wildman–Crippen LogP) is 3.59. The smallest absolute Gasteiger partial charge is 0.416 e. The summed E-state index contributed by atoms with van der Waals surface area (Å²) in [5, 5.41) is 3.22. The summed E-state index contributed by atoms with van der Waals surface area (Å²) in [4.78, 5) is 2.20. The Bertz CT molecular complexity index is 784. The lowest BCUT2D eigenvalue weighted by molar-refractivity contribution is -0.137. The van der Waals surface area contributed by atoms with Gasteiger partial charge in [-0.25, -0.2) is 0 Å². The zero-order valence-corrected chi connectivity index (χ0v) is 13.8. The second-order valence-electron chi connectivity index (χ2n) is 6.58. The first-order valence-corrected chi connectivity index (χ1v) is 8.30. The fraction of sp³-hybridized carbons (Fsp3) is 0.368. The molecule has 1 fully saturated rings. The molecule has 6 heteroatoms. The Morgan fingerprint density at radius 2 is 1.84 bits per heavy atom. The zero-order valence-electron chi connectivity index (χ0n) is 13.8. The van der Waals surface area contributed by atoms with Crippen molar-refractivity contribution in [3.8, 4) is 5.75 Å². The molecule has 0 bridgehead atoms. The van der Waals surface area contributed by atoms with Gasteiger partial charge in [-0.05, 0) is 36.4 Å². The van der Waals surface area contributed by atoms with Crippen LogP contribution >= 0.6 is 0 Å². The van der Waals surface area contributed by atoms with Crippen LogP contribution in [0.3, 0.4) is 0 Å². The van der Waals surface area contributed by atoms with Gasteiger partial charge in [-0.2, -0.15) is 13.2 Å². The van der Waals surface area contributed by atoms with Crippen molar-refractivity contribution in [3.63, 3.8) is 0 Å². The molecule has 2 aliphatic heterocycles. The highest BCUT2D eigenvalue weighted by Gasteiger charge is 2.38. The van der Waals surface area contributed by atoms with Gasteiger partial charge in [0.25, 0.3) is 0 Å². The SMILES string of the molecule is CNC1CN(C2c3cc(C(F)(F)F)ccc3COc3ccccc32)C1. The highest BCUT2D eigenvalue weighted by molar-refractivity contribution is 5.48. The molecule has 0 aliphatic carbocycles. The molecule has 0 spiro atoms. The van der Waals surface area contributed by atoms with Crippen LogP contribution in [0.4, 0.5) is 13.2 Å². The van der Waals surface area contributed by atoms with Crippen LogP contribution < -0.4 is 10.1 Å². The number of nitrogens with one attached hydrogen (secondary N) is 1. The van der Waals surface area contributed by atoms with E-state index in [1.54, 1.807) is 6.07 Å². The molecule has 3 nitrogen and oxygen atoms in total. The number of alkyl halides is 3. The van der Waals surface area contributed by atoms with Crippen molar-refractivity contribution in [2.45, 2.75) is 24.9 Å². The van der Waals surface area contributed by atoms with Crippen LogP contribution in [-0.4, -0.2) is 31.1 Å². The number of rotatable bonds is 2. The Kier molecular flexibility index (Phi) is 3.96. The topological polar surface area (TPSA) is 24.5 Å². The van der Waals surface area contributed by atoms with E-state index in [9.17, 15) is 13.2 Å². The van der Waals surface area contributed by atoms with Gasteiger partial charge < -0.3 is 10.1 Å². The fourth-order valence-corrected chi connectivity index (χ4v) is 3.62. The lowest BCUT2D eigenvalue weighted by Crippen LogP contribution is -2.58. The lowest BCUT2D eigenvalue weighted by Gasteiger charge is -2.44. The molecule has 1 N–H and O–H groups in total. The quantitative estimate of drug-likeness (QED) is 0.898. The minimum Gasteiger partial charge on any atom is -0.489 e. The third-order valence-corrected chi connectivity index (χ3v) is 5.05. The summed E-state index contributed by atoms with van der Waals surface area (Å²) < 4.78 is 45.6. The summed E-state index contributed by atoms with van der Waals surface area (Å²) in [7, 11) is 1.90. The number of likely N-dealkylation sites (tertiary alicyclic amines) is 1. The summed E-state index contributed by atoms with van der Waals surface area (Å²) in [6.07, 6.45) is -4.35. The van der Waals surface area contributed by atoms with Gasteiger partial charge >= 0.3 is 6.18 Å². The molecule has 2 aliphatic rings. The Hall–Kier alpha value is -2.05. The molecule has 0 saturated carbocycles. The minimum atomic E-state index is -4.35. The molecule has 2 aromatic rings. The summed E-state index contributed by atoms with van der Waals surface area (Å²) in [5.41, 5.74) is 1.81. The van der Waals surface area contributed by atoms with Crippen molar-refractivity contribution in [3.05, 3.63) is 64.7 Å². The van der Waals surface area contributed by atoms with Crippen LogP contribution in [0.2, 0.25) is 0 Å². The van der Waals surface area contributed by atoms with Crippen molar-refractivity contribution >= 4 is 0 Å². The van der Waals surface area contributed by atoms with Crippen molar-refractivity contribution in [1.29, 1.82) is 0 Å². The highest BCUT2D eigenvalue weighted by atomic mass is 19.4. The van der Waals surface area contributed by atoms with Crippen LogP contribution in [-0.2, 0) is 12.8 Å². The van der Waals surface area contributed by atoms with Crippen molar-refractivity contribution in [1.82, 2.24) is 10.2 Å². The molecule has 1 saturated heterocycles. The van der Waals surface area contributed by atoms with Gasteiger partial charge in [0.2, 0.25) is 0 Å². The van der Waals surface area contributed by atoms with E-state index in [1.165, 1.54) is 6.07 Å². The van der Waals surface area contributed by atoms with Gasteiger partial charge in [-0.3, -0.25) is 4.90 Å². The average Bonchev–Trinajstić information content (AvgIpc) is 2.70. The lowest BCUT2D eigenvalue weighted by atomic mass is 9.89. The fourth-order valence-electron chi connectivity index (χ4n) is 3.62. The number of fused-ring (bicyclic) bond motifs is 2. The second-order valence-corrected chi connectivity index (χ2v) is 6.58. The number of para-hydroxylation sites is 1. The number of halogens is 3. The largest absolute Gasteiger partial charge is 0.489 e. The Balaban J connectivity index is 1.83. The van der Waals surface area contributed by atoms with E-state index in [2.05, 4.69) is 10.2 Å². The van der Waals surface area contributed by atoms with Gasteiger partial charge in [0, 0.05) is 24.7 Å². The Morgan fingerprint density at radius 3 is 2.56 bits per heavy atom. The van der Waals surface area contributed by atoms with E-state index < -0.39 is 11.7 Å². The molecule has 132 valence electrons. The van der Waals surface area contributed by atoms with Crippen molar-refractivity contribution in [2.75, 3.05) is 20.1 Å². The molecular formula is C19H19F3N2O. The standard InChI is InChI=1S/C19H19F3N2O/c1-23-14-9-24(10-14)18-15-4-2-3-5-17(15)25-11-12-6-7-13(8-16(12)18)19(20,21)22/h2-8,14,18,23H,9-11H2,1H3. The molecule has 25 heavy (non-hydrogen) atoms. The monoisotopic (exact) mass is 348 g/mol. The molecule has 0 amide bonds. The van der Waals surface area contributed by atoms with E-state index in [0.717, 1.165) is 36.0 Å². The number of hydrogen-bond donors (Lipinski definition) is 1. The summed E-state index contributed by atoms with van der Waals surface area (Å²) in [5.74, 6) is 0.741. The zero-order chi connectivity index (χ0) is 17.6. The summed E-state index contributed by atoms with van der Waals surface area (Å²) in [6, 6.07) is 11.7. The van der Waals surface area contributed by atoms with E-state index in [-0.39, 0.29) is 12.6 Å². The normalized spacial score (nSPS) is 20.9. The number of nitrogens with zero attached hydrogens (tertiary/aromatic N) is 1. The van der Waals surface area contributed by atoms with Gasteiger partial charge in [0.05, 0.1) is 11.6 Å². The van der Waals surface area contributed by atoms with E-state index in [4.69, 9.17) is 4.74 Å². The van der Waals surface area contributed by atoms with E-state index >= 15 is 0 Å². The average molecular weight is 348 g/mol. The third-order valence-electron chi connectivity index (χ3n) is 5.05. The number of ether oxygens (including phenoxy) is 1. The maximum atomic E-state index is 13.2. The van der Waals surface area contributed by atoms with Crippen LogP contribution in [0.15, 0.2) is 42.5 Å². The maximum absolute atomic E-state index is 13.2. The molecule has 0 radical (unpaired) electrons. The number of benzene rings is 2. The second kappa shape index (κ2) is 6.04. The first kappa shape index (κ1) is 16.4. The maximum Gasteiger partial charge on any atom is 0.416 e. The van der Waals surface area contributed by atoms with E-state index in [1.807, 2.05) is 31.3 Å². The van der Waals surface area contributed by atoms with Gasteiger partial charge in [0.1, 0.15) is 12.4 Å². The molecular weight excluding hydrogens is 329 g/mol. The molecule has 2 heterocycles. The minimum absolute atomic E-state index is 0.222. The predicted molar refractivity (Wildman–Crippen MR) is 88.5 cm³/mol. The molecule has 1 atom stereocenters. The van der Waals surface area contributed by atoms with Gasteiger partial charge in [0.15, 0.2) is 0 Å². The molecule has 0 aromatic heterocycles. The summed E-state index contributed by atoms with van der Waals surface area (Å²) >= 11 is 0. The Morgan fingerprint density at radius 1 is 1.08 bits per heavy atom. The van der Waals surface area contributed by atoms with Crippen molar-refractivity contribution < 1.29 is 17.9 Å². The number of hydrogen-bond acceptors (Lipinski definition) is 3. The van der Waals surface area contributed by atoms with Crippen molar-refractivity contribution in [2.24, 2.45) is 0 Å². The van der Waals surface area contributed by atoms with Crippen LogP contribution in [0.5, 0.6) is 5.75 Å². The van der Waals surface area contributed by atoms with E-state index in [0.29, 0.717) is 11.6 Å². The first-order valence-electron chi connectivity index (χ1n) is 8.30.